The van der Waals surface area contributed by atoms with Crippen LogP contribution < -0.4 is 0 Å². The number of alkyl halides is 1. The molecule has 1 heterocycles. The molecule has 1 fully saturated rings. The largest absolute Gasteiger partial charge is 0.342 e. The Morgan fingerprint density at radius 2 is 1.73 bits per heavy atom. The maximum atomic E-state index is 11.2. The highest BCUT2D eigenvalue weighted by atomic mass is 79.9. The Morgan fingerprint density at radius 1 is 1.18 bits per heavy atom. The van der Waals surface area contributed by atoms with Gasteiger partial charge in [-0.05, 0) is 12.8 Å². The zero-order chi connectivity index (χ0) is 8.10. The Hall–Kier alpha value is -0.0500. The summed E-state index contributed by atoms with van der Waals surface area (Å²) < 4.78 is 0. The molecule has 0 radical (unpaired) electrons. The van der Waals surface area contributed by atoms with Crippen molar-refractivity contribution < 1.29 is 4.79 Å². The zero-order valence-corrected chi connectivity index (χ0v) is 8.27. The van der Waals surface area contributed by atoms with Gasteiger partial charge in [0.15, 0.2) is 0 Å². The number of hydrogen-bond acceptors (Lipinski definition) is 1. The van der Waals surface area contributed by atoms with E-state index >= 15 is 0 Å². The van der Waals surface area contributed by atoms with E-state index in [0.717, 1.165) is 13.1 Å². The van der Waals surface area contributed by atoms with Crippen molar-refractivity contribution in [3.63, 3.8) is 0 Å². The third-order valence-corrected chi connectivity index (χ3v) is 2.55. The van der Waals surface area contributed by atoms with Crippen molar-refractivity contribution in [2.24, 2.45) is 0 Å². The minimum Gasteiger partial charge on any atom is -0.342 e. The van der Waals surface area contributed by atoms with Crippen molar-refractivity contribution in [1.82, 2.24) is 4.90 Å². The molecule has 0 aromatic heterocycles. The van der Waals surface area contributed by atoms with E-state index in [1.54, 1.807) is 0 Å². The Bertz CT molecular complexity index is 130. The molecule has 1 aliphatic rings. The molecular formula is C8H14BrNO. The number of carbonyl (C=O) groups is 1. The summed E-state index contributed by atoms with van der Waals surface area (Å²) in [4.78, 5) is 13.2. The van der Waals surface area contributed by atoms with Gasteiger partial charge in [-0.25, -0.2) is 0 Å². The summed E-state index contributed by atoms with van der Waals surface area (Å²) in [6, 6.07) is 0. The first-order chi connectivity index (χ1) is 5.34. The molecular weight excluding hydrogens is 206 g/mol. The van der Waals surface area contributed by atoms with Gasteiger partial charge in [0.2, 0.25) is 5.91 Å². The summed E-state index contributed by atoms with van der Waals surface area (Å²) in [5.41, 5.74) is 0. The lowest BCUT2D eigenvalue weighted by atomic mass is 10.2. The second-order valence-corrected chi connectivity index (χ2v) is 3.49. The minimum absolute atomic E-state index is 0.243. The third kappa shape index (κ3) is 2.81. The minimum atomic E-state index is 0.243. The molecule has 11 heavy (non-hydrogen) atoms. The number of halogens is 1. The molecule has 1 saturated heterocycles. The van der Waals surface area contributed by atoms with Crippen molar-refractivity contribution in [3.05, 3.63) is 0 Å². The van der Waals surface area contributed by atoms with Crippen LogP contribution >= 0.6 is 15.9 Å². The second-order valence-electron chi connectivity index (χ2n) is 2.93. The molecule has 1 rings (SSSR count). The van der Waals surface area contributed by atoms with Crippen LogP contribution in [0.25, 0.3) is 0 Å². The first-order valence-corrected chi connectivity index (χ1v) is 5.30. The number of likely N-dealkylation sites (tertiary alicyclic amines) is 1. The van der Waals surface area contributed by atoms with Gasteiger partial charge < -0.3 is 4.90 Å². The average Bonchev–Trinajstić information content (AvgIpc) is 2.30. The van der Waals surface area contributed by atoms with Gasteiger partial charge in [0, 0.05) is 13.1 Å². The molecule has 64 valence electrons. The molecule has 1 aliphatic heterocycles. The molecule has 1 amide bonds. The van der Waals surface area contributed by atoms with Crippen molar-refractivity contribution in [1.29, 1.82) is 0 Å². The highest BCUT2D eigenvalue weighted by Gasteiger charge is 2.13. The van der Waals surface area contributed by atoms with E-state index in [-0.39, 0.29) is 5.91 Å². The SMILES string of the molecule is O=C(CBr)N1CCCCCC1. The van der Waals surface area contributed by atoms with Crippen LogP contribution in [0.15, 0.2) is 0 Å². The van der Waals surface area contributed by atoms with Gasteiger partial charge in [-0.1, -0.05) is 28.8 Å². The molecule has 0 aromatic carbocycles. The topological polar surface area (TPSA) is 20.3 Å². The summed E-state index contributed by atoms with van der Waals surface area (Å²) in [6.07, 6.45) is 4.93. The summed E-state index contributed by atoms with van der Waals surface area (Å²) in [7, 11) is 0. The first kappa shape index (κ1) is 9.04. The Labute approximate surface area is 76.1 Å². The third-order valence-electron chi connectivity index (χ3n) is 2.07. The van der Waals surface area contributed by atoms with Crippen LogP contribution in [0.1, 0.15) is 25.7 Å². The van der Waals surface area contributed by atoms with Gasteiger partial charge in [-0.15, -0.1) is 0 Å². The van der Waals surface area contributed by atoms with E-state index in [1.807, 2.05) is 4.90 Å². The van der Waals surface area contributed by atoms with Gasteiger partial charge in [0.1, 0.15) is 0 Å². The lowest BCUT2D eigenvalue weighted by molar-refractivity contribution is -0.128. The molecule has 0 unspecified atom stereocenters. The van der Waals surface area contributed by atoms with Gasteiger partial charge in [-0.3, -0.25) is 4.79 Å². The van der Waals surface area contributed by atoms with Crippen molar-refractivity contribution >= 4 is 21.8 Å². The maximum Gasteiger partial charge on any atom is 0.233 e. The van der Waals surface area contributed by atoms with Crippen LogP contribution in [0.2, 0.25) is 0 Å². The predicted octanol–water partition coefficient (Wildman–Crippen LogP) is 1.78. The smallest absolute Gasteiger partial charge is 0.233 e. The van der Waals surface area contributed by atoms with Crippen molar-refractivity contribution in [2.45, 2.75) is 25.7 Å². The van der Waals surface area contributed by atoms with Crippen LogP contribution in [0.5, 0.6) is 0 Å². The first-order valence-electron chi connectivity index (χ1n) is 4.18. The van der Waals surface area contributed by atoms with Crippen LogP contribution in [0.3, 0.4) is 0 Å². The molecule has 0 saturated carbocycles. The van der Waals surface area contributed by atoms with Crippen molar-refractivity contribution in [2.75, 3.05) is 18.4 Å². The summed E-state index contributed by atoms with van der Waals surface area (Å²) in [5, 5.41) is 0.479. The van der Waals surface area contributed by atoms with Gasteiger partial charge in [0.25, 0.3) is 0 Å². The van der Waals surface area contributed by atoms with Crippen LogP contribution in [0.4, 0.5) is 0 Å². The molecule has 0 N–H and O–H groups in total. The lowest BCUT2D eigenvalue weighted by Gasteiger charge is -2.18. The fourth-order valence-electron chi connectivity index (χ4n) is 1.40. The monoisotopic (exact) mass is 219 g/mol. The standard InChI is InChI=1S/C8H14BrNO/c9-7-8(11)10-5-3-1-2-4-6-10/h1-7H2. The predicted molar refractivity (Wildman–Crippen MR) is 48.8 cm³/mol. The fourth-order valence-corrected chi connectivity index (χ4v) is 1.76. The molecule has 0 bridgehead atoms. The maximum absolute atomic E-state index is 11.2. The second kappa shape index (κ2) is 4.75. The normalized spacial score (nSPS) is 19.5. The molecule has 0 aliphatic carbocycles. The molecule has 0 spiro atoms. The fraction of sp³-hybridized carbons (Fsp3) is 0.875. The molecule has 3 heteroatoms. The lowest BCUT2D eigenvalue weighted by Crippen LogP contribution is -2.32. The average molecular weight is 220 g/mol. The number of carbonyl (C=O) groups excluding carboxylic acids is 1. The number of nitrogens with zero attached hydrogens (tertiary/aromatic N) is 1. The summed E-state index contributed by atoms with van der Waals surface area (Å²) >= 11 is 3.18. The number of rotatable bonds is 1. The van der Waals surface area contributed by atoms with Crippen molar-refractivity contribution in [3.8, 4) is 0 Å². The summed E-state index contributed by atoms with van der Waals surface area (Å²) in [6.45, 7) is 1.93. The Balaban J connectivity index is 2.36. The van der Waals surface area contributed by atoms with Gasteiger partial charge >= 0.3 is 0 Å². The van der Waals surface area contributed by atoms with E-state index in [4.69, 9.17) is 0 Å². The Kier molecular flexibility index (Phi) is 3.91. The highest BCUT2D eigenvalue weighted by Crippen LogP contribution is 2.09. The van der Waals surface area contributed by atoms with Crippen LogP contribution in [-0.2, 0) is 4.79 Å². The summed E-state index contributed by atoms with van der Waals surface area (Å²) in [5.74, 6) is 0.243. The zero-order valence-electron chi connectivity index (χ0n) is 6.68. The van der Waals surface area contributed by atoms with Crippen LogP contribution in [0, 0.1) is 0 Å². The highest BCUT2D eigenvalue weighted by molar-refractivity contribution is 9.09. The number of hydrogen-bond donors (Lipinski definition) is 0. The van der Waals surface area contributed by atoms with Gasteiger partial charge in [0.05, 0.1) is 5.33 Å². The quantitative estimate of drug-likeness (QED) is 0.617. The van der Waals surface area contributed by atoms with Gasteiger partial charge in [-0.2, -0.15) is 0 Å². The van der Waals surface area contributed by atoms with E-state index < -0.39 is 0 Å². The number of amides is 1. The molecule has 0 aromatic rings. The van der Waals surface area contributed by atoms with Crippen LogP contribution in [-0.4, -0.2) is 29.2 Å². The van der Waals surface area contributed by atoms with E-state index in [1.165, 1.54) is 25.7 Å². The molecule has 2 nitrogen and oxygen atoms in total. The van der Waals surface area contributed by atoms with E-state index in [2.05, 4.69) is 15.9 Å². The van der Waals surface area contributed by atoms with E-state index in [9.17, 15) is 4.79 Å². The molecule has 0 atom stereocenters. The Morgan fingerprint density at radius 3 is 2.18 bits per heavy atom. The van der Waals surface area contributed by atoms with E-state index in [0.29, 0.717) is 5.33 Å².